The second-order valence-corrected chi connectivity index (χ2v) is 7.14. The summed E-state index contributed by atoms with van der Waals surface area (Å²) >= 11 is 3.17. The van der Waals surface area contributed by atoms with Gasteiger partial charge in [-0.25, -0.2) is 17.2 Å². The zero-order valence-corrected chi connectivity index (χ0v) is 13.6. The van der Waals surface area contributed by atoms with Gasteiger partial charge in [0.05, 0.1) is 4.90 Å². The van der Waals surface area contributed by atoms with Gasteiger partial charge in [0.25, 0.3) is 10.0 Å². The Bertz CT molecular complexity index is 807. The van der Waals surface area contributed by atoms with Crippen molar-refractivity contribution in [2.75, 3.05) is 4.72 Å². The van der Waals surface area contributed by atoms with Gasteiger partial charge in [0.1, 0.15) is 11.5 Å². The van der Waals surface area contributed by atoms with E-state index in [1.54, 1.807) is 19.1 Å². The van der Waals surface area contributed by atoms with Gasteiger partial charge in [-0.2, -0.15) is 0 Å². The van der Waals surface area contributed by atoms with Gasteiger partial charge in [-0.15, -0.1) is 0 Å². The molecule has 2 rings (SSSR count). The Morgan fingerprint density at radius 1 is 1.05 bits per heavy atom. The summed E-state index contributed by atoms with van der Waals surface area (Å²) in [5.74, 6) is -1.89. The van der Waals surface area contributed by atoms with E-state index in [1.807, 2.05) is 4.72 Å². The Morgan fingerprint density at radius 2 is 1.67 bits per heavy atom. The number of benzene rings is 2. The van der Waals surface area contributed by atoms with Crippen molar-refractivity contribution in [3.63, 3.8) is 0 Å². The van der Waals surface area contributed by atoms with Crippen molar-refractivity contribution in [1.29, 1.82) is 0 Å². The molecule has 3 nitrogen and oxygen atoms in total. The van der Waals surface area contributed by atoms with Gasteiger partial charge in [-0.05, 0) is 43.2 Å². The second kappa shape index (κ2) is 5.73. The van der Waals surface area contributed by atoms with Crippen LogP contribution in [0.2, 0.25) is 0 Å². The van der Waals surface area contributed by atoms with Crippen LogP contribution < -0.4 is 4.72 Å². The fraction of sp³-hybridized carbons (Fsp3) is 0.143. The van der Waals surface area contributed by atoms with E-state index in [0.717, 1.165) is 6.07 Å². The highest BCUT2D eigenvalue weighted by Gasteiger charge is 2.22. The van der Waals surface area contributed by atoms with E-state index in [-0.39, 0.29) is 10.5 Å². The van der Waals surface area contributed by atoms with E-state index < -0.39 is 27.3 Å². The van der Waals surface area contributed by atoms with Gasteiger partial charge in [0.2, 0.25) is 0 Å². The van der Waals surface area contributed by atoms with Crippen LogP contribution in [0.15, 0.2) is 39.7 Å². The summed E-state index contributed by atoms with van der Waals surface area (Å²) in [6.07, 6.45) is 0. The zero-order valence-electron chi connectivity index (χ0n) is 11.2. The van der Waals surface area contributed by atoms with Crippen molar-refractivity contribution in [3.8, 4) is 0 Å². The van der Waals surface area contributed by atoms with E-state index >= 15 is 0 Å². The highest BCUT2D eigenvalue weighted by molar-refractivity contribution is 9.10. The van der Waals surface area contributed by atoms with Crippen molar-refractivity contribution >= 4 is 31.6 Å². The van der Waals surface area contributed by atoms with E-state index in [1.165, 1.54) is 19.1 Å². The molecule has 0 heterocycles. The number of hydrogen-bond acceptors (Lipinski definition) is 2. The van der Waals surface area contributed by atoms with E-state index in [9.17, 15) is 17.2 Å². The summed E-state index contributed by atoms with van der Waals surface area (Å²) in [4.78, 5) is -0.0443. The quantitative estimate of drug-likeness (QED) is 0.875. The molecule has 2 aromatic carbocycles. The average molecular weight is 376 g/mol. The van der Waals surface area contributed by atoms with Crippen LogP contribution >= 0.6 is 15.9 Å². The van der Waals surface area contributed by atoms with E-state index in [2.05, 4.69) is 15.9 Å². The van der Waals surface area contributed by atoms with Crippen LogP contribution in [0.25, 0.3) is 0 Å². The van der Waals surface area contributed by atoms with Gasteiger partial charge in [-0.1, -0.05) is 28.1 Å². The molecule has 0 saturated heterocycles. The number of rotatable bonds is 3. The average Bonchev–Trinajstić information content (AvgIpc) is 2.42. The van der Waals surface area contributed by atoms with Crippen LogP contribution in [0, 0.1) is 25.5 Å². The smallest absolute Gasteiger partial charge is 0.262 e. The third-order valence-electron chi connectivity index (χ3n) is 2.96. The molecule has 0 aliphatic carbocycles. The highest BCUT2D eigenvalue weighted by Crippen LogP contribution is 2.27. The highest BCUT2D eigenvalue weighted by atomic mass is 79.9. The first-order chi connectivity index (χ1) is 9.72. The van der Waals surface area contributed by atoms with Gasteiger partial charge in [0, 0.05) is 4.47 Å². The number of sulfonamides is 1. The Kier molecular flexibility index (Phi) is 4.34. The molecular weight excluding hydrogens is 364 g/mol. The number of halogens is 3. The first-order valence-corrected chi connectivity index (χ1v) is 8.23. The standard InChI is InChI=1S/C14H12BrF2NO2S/c1-8-3-5-10(15)7-12(8)21(19,20)18-14-11(16)6-4-9(2)13(14)17/h3-7,18H,1-2H3. The van der Waals surface area contributed by atoms with Gasteiger partial charge in [0.15, 0.2) is 5.82 Å². The van der Waals surface area contributed by atoms with Crippen LogP contribution in [-0.4, -0.2) is 8.42 Å². The molecule has 0 saturated carbocycles. The number of hydrogen-bond donors (Lipinski definition) is 1. The fourth-order valence-electron chi connectivity index (χ4n) is 1.80. The van der Waals surface area contributed by atoms with E-state index in [0.29, 0.717) is 10.0 Å². The van der Waals surface area contributed by atoms with Gasteiger partial charge < -0.3 is 0 Å². The zero-order chi connectivity index (χ0) is 15.8. The van der Waals surface area contributed by atoms with Gasteiger partial charge >= 0.3 is 0 Å². The molecule has 0 fully saturated rings. The molecule has 0 atom stereocenters. The molecular formula is C14H12BrF2NO2S. The normalized spacial score (nSPS) is 11.5. The number of aryl methyl sites for hydroxylation is 2. The topological polar surface area (TPSA) is 46.2 Å². The Labute approximate surface area is 130 Å². The SMILES string of the molecule is Cc1ccc(Br)cc1S(=O)(=O)Nc1c(F)ccc(C)c1F. The Balaban J connectivity index is 2.53. The molecule has 7 heteroatoms. The third-order valence-corrected chi connectivity index (χ3v) is 4.95. The first kappa shape index (κ1) is 15.9. The molecule has 21 heavy (non-hydrogen) atoms. The maximum atomic E-state index is 13.9. The summed E-state index contributed by atoms with van der Waals surface area (Å²) in [7, 11) is -4.09. The summed E-state index contributed by atoms with van der Waals surface area (Å²) in [5, 5.41) is 0. The lowest BCUT2D eigenvalue weighted by Crippen LogP contribution is -2.16. The first-order valence-electron chi connectivity index (χ1n) is 5.96. The summed E-state index contributed by atoms with van der Waals surface area (Å²) in [6.45, 7) is 3.03. The third kappa shape index (κ3) is 3.24. The minimum atomic E-state index is -4.09. The van der Waals surface area contributed by atoms with E-state index in [4.69, 9.17) is 0 Å². The molecule has 0 unspecified atom stereocenters. The summed E-state index contributed by atoms with van der Waals surface area (Å²) < 4.78 is 54.8. The second-order valence-electron chi connectivity index (χ2n) is 4.57. The maximum absolute atomic E-state index is 13.9. The summed E-state index contributed by atoms with van der Waals surface area (Å²) in [6, 6.07) is 6.92. The molecule has 0 aliphatic heterocycles. The van der Waals surface area contributed by atoms with Gasteiger partial charge in [-0.3, -0.25) is 4.72 Å². The maximum Gasteiger partial charge on any atom is 0.262 e. The van der Waals surface area contributed by atoms with Crippen LogP contribution in [0.1, 0.15) is 11.1 Å². The molecule has 112 valence electrons. The van der Waals surface area contributed by atoms with Crippen molar-refractivity contribution in [2.24, 2.45) is 0 Å². The van der Waals surface area contributed by atoms with Crippen molar-refractivity contribution in [2.45, 2.75) is 18.7 Å². The molecule has 2 aromatic rings. The number of anilines is 1. The van der Waals surface area contributed by atoms with Crippen LogP contribution in [0.3, 0.4) is 0 Å². The Morgan fingerprint density at radius 3 is 2.33 bits per heavy atom. The lowest BCUT2D eigenvalue weighted by atomic mass is 10.2. The molecule has 1 N–H and O–H groups in total. The molecule has 0 amide bonds. The summed E-state index contributed by atoms with van der Waals surface area (Å²) in [5.41, 5.74) is -0.0476. The largest absolute Gasteiger partial charge is 0.274 e. The minimum absolute atomic E-state index is 0.0443. The molecule has 0 radical (unpaired) electrons. The molecule has 0 aromatic heterocycles. The van der Waals surface area contributed by atoms with Crippen LogP contribution in [0.4, 0.5) is 14.5 Å². The predicted octanol–water partition coefficient (Wildman–Crippen LogP) is 4.14. The monoisotopic (exact) mass is 375 g/mol. The van der Waals surface area contributed by atoms with Crippen molar-refractivity contribution in [3.05, 3.63) is 57.6 Å². The minimum Gasteiger partial charge on any atom is -0.274 e. The van der Waals surface area contributed by atoms with Crippen LogP contribution in [-0.2, 0) is 10.0 Å². The lowest BCUT2D eigenvalue weighted by molar-refractivity contribution is 0.578. The molecule has 0 aliphatic rings. The molecule has 0 bridgehead atoms. The molecule has 0 spiro atoms. The number of nitrogens with one attached hydrogen (secondary N) is 1. The van der Waals surface area contributed by atoms with Crippen LogP contribution in [0.5, 0.6) is 0 Å². The van der Waals surface area contributed by atoms with Crippen molar-refractivity contribution < 1.29 is 17.2 Å². The van der Waals surface area contributed by atoms with Crippen molar-refractivity contribution in [1.82, 2.24) is 0 Å². The fourth-order valence-corrected chi connectivity index (χ4v) is 3.66. The predicted molar refractivity (Wildman–Crippen MR) is 80.8 cm³/mol. The Hall–Kier alpha value is -1.47. The lowest BCUT2D eigenvalue weighted by Gasteiger charge is -2.13.